The second-order valence-corrected chi connectivity index (χ2v) is 10.1. The third kappa shape index (κ3) is 13.7. The molecule has 0 bridgehead atoms. The van der Waals surface area contributed by atoms with Crippen LogP contribution in [0.25, 0.3) is 0 Å². The van der Waals surface area contributed by atoms with Gasteiger partial charge in [0.25, 0.3) is 0 Å². The van der Waals surface area contributed by atoms with Gasteiger partial charge in [0.2, 0.25) is 11.8 Å². The monoisotopic (exact) mass is 414 g/mol. The Bertz CT molecular complexity index is 393. The maximum absolute atomic E-state index is 11.6. The van der Waals surface area contributed by atoms with E-state index in [1.165, 1.54) is 64.2 Å². The molecule has 0 atom stereocenters. The molecule has 29 heavy (non-hydrogen) atoms. The van der Waals surface area contributed by atoms with Gasteiger partial charge in [-0.2, -0.15) is 0 Å². The van der Waals surface area contributed by atoms with Gasteiger partial charge in [-0.25, -0.2) is 0 Å². The summed E-state index contributed by atoms with van der Waals surface area (Å²) >= 11 is 0. The first kappa shape index (κ1) is 32.6. The highest BCUT2D eigenvalue weighted by Crippen LogP contribution is 2.21. The Hall–Kier alpha value is -1.06. The van der Waals surface area contributed by atoms with Crippen molar-refractivity contribution in [3.63, 3.8) is 0 Å². The zero-order valence-electron chi connectivity index (χ0n) is 18.0. The summed E-state index contributed by atoms with van der Waals surface area (Å²) in [6.45, 7) is 11.8. The molecule has 0 aromatic rings. The van der Waals surface area contributed by atoms with Crippen LogP contribution in [0.3, 0.4) is 0 Å². The molecule has 0 spiro atoms. The highest BCUT2D eigenvalue weighted by atomic mass is 16.2. The first-order valence-electron chi connectivity index (χ1n) is 10.6. The minimum Gasteiger partial charge on any atom is -0.353 e. The van der Waals surface area contributed by atoms with Gasteiger partial charge in [-0.1, -0.05) is 102 Å². The molecule has 0 unspecified atom stereocenters. The van der Waals surface area contributed by atoms with Crippen molar-refractivity contribution in [1.29, 1.82) is 0 Å². The van der Waals surface area contributed by atoms with Crippen LogP contribution in [0.2, 0.25) is 0 Å². The number of amides is 2. The molecule has 176 valence electrons. The van der Waals surface area contributed by atoms with Gasteiger partial charge in [0.1, 0.15) is 0 Å². The largest absolute Gasteiger partial charge is 0.353 e. The van der Waals surface area contributed by atoms with Crippen molar-refractivity contribution in [1.82, 2.24) is 10.6 Å². The van der Waals surface area contributed by atoms with Gasteiger partial charge < -0.3 is 10.6 Å². The van der Waals surface area contributed by atoms with Gasteiger partial charge in [0.05, 0.1) is 0 Å². The van der Waals surface area contributed by atoms with Crippen LogP contribution in [0.1, 0.15) is 128 Å². The summed E-state index contributed by atoms with van der Waals surface area (Å²) in [5.74, 6) is 0.388. The zero-order chi connectivity index (χ0) is 19.8. The van der Waals surface area contributed by atoms with E-state index in [9.17, 15) is 9.59 Å². The number of rotatable bonds is 2. The molecule has 2 aliphatic rings. The predicted molar refractivity (Wildman–Crippen MR) is 129 cm³/mol. The zero-order valence-corrected chi connectivity index (χ0v) is 18.0. The highest BCUT2D eigenvalue weighted by molar-refractivity contribution is 5.82. The van der Waals surface area contributed by atoms with E-state index < -0.39 is 0 Å². The third-order valence-electron chi connectivity index (χ3n) is 5.24. The SMILES string of the molecule is C.C.C.CC(C)(C)C(=O)NC1CCCCC1.CC(C)(C)C(=O)NC1CCCCC1. The summed E-state index contributed by atoms with van der Waals surface area (Å²) in [6, 6.07) is 0.890. The van der Waals surface area contributed by atoms with Gasteiger partial charge in [0.15, 0.2) is 0 Å². The van der Waals surface area contributed by atoms with Crippen LogP contribution < -0.4 is 10.6 Å². The quantitative estimate of drug-likeness (QED) is 0.518. The maximum atomic E-state index is 11.6. The minimum atomic E-state index is -0.239. The Kier molecular flexibility index (Phi) is 16.7. The van der Waals surface area contributed by atoms with Crippen molar-refractivity contribution in [2.75, 3.05) is 0 Å². The number of carbonyl (C=O) groups excluding carboxylic acids is 2. The van der Waals surface area contributed by atoms with Crippen LogP contribution >= 0.6 is 0 Å². The van der Waals surface area contributed by atoms with E-state index in [-0.39, 0.29) is 44.9 Å². The number of nitrogens with one attached hydrogen (secondary N) is 2. The molecule has 2 saturated carbocycles. The smallest absolute Gasteiger partial charge is 0.225 e. The lowest BCUT2D eigenvalue weighted by molar-refractivity contribution is -0.130. The van der Waals surface area contributed by atoms with Crippen LogP contribution in [-0.4, -0.2) is 23.9 Å². The molecule has 4 nitrogen and oxygen atoms in total. The standard InChI is InChI=1S/2C11H21NO.3CH4/c2*1-11(2,3)10(13)12-9-7-5-4-6-8-9;;;/h2*9H,4-8H2,1-3H3,(H,12,13);3*1H4. The number of hydrogen-bond acceptors (Lipinski definition) is 2. The van der Waals surface area contributed by atoms with E-state index in [0.29, 0.717) is 12.1 Å². The van der Waals surface area contributed by atoms with Crippen molar-refractivity contribution in [3.8, 4) is 0 Å². The molecule has 0 aromatic heterocycles. The van der Waals surface area contributed by atoms with Crippen LogP contribution in [0.4, 0.5) is 0 Å². The van der Waals surface area contributed by atoms with Crippen molar-refractivity contribution in [2.45, 2.75) is 140 Å². The maximum Gasteiger partial charge on any atom is 0.225 e. The predicted octanol–water partition coefficient (Wildman–Crippen LogP) is 6.87. The van der Waals surface area contributed by atoms with Crippen LogP contribution in [0.15, 0.2) is 0 Å². The Morgan fingerprint density at radius 3 is 1.00 bits per heavy atom. The minimum absolute atomic E-state index is 0. The topological polar surface area (TPSA) is 58.2 Å². The molecule has 2 aliphatic carbocycles. The van der Waals surface area contributed by atoms with Gasteiger partial charge >= 0.3 is 0 Å². The van der Waals surface area contributed by atoms with E-state index in [2.05, 4.69) is 10.6 Å². The summed E-state index contributed by atoms with van der Waals surface area (Å²) in [5, 5.41) is 6.24. The molecule has 4 heteroatoms. The Morgan fingerprint density at radius 1 is 0.552 bits per heavy atom. The number of carbonyl (C=O) groups is 2. The molecule has 2 rings (SSSR count). The third-order valence-corrected chi connectivity index (χ3v) is 5.24. The summed E-state index contributed by atoms with van der Waals surface area (Å²) in [6.07, 6.45) is 12.4. The molecule has 2 fully saturated rings. The average Bonchev–Trinajstić information content (AvgIpc) is 2.55. The van der Waals surface area contributed by atoms with E-state index >= 15 is 0 Å². The van der Waals surface area contributed by atoms with E-state index in [1.54, 1.807) is 0 Å². The van der Waals surface area contributed by atoms with Crippen LogP contribution in [0, 0.1) is 10.8 Å². The fourth-order valence-corrected chi connectivity index (χ4v) is 3.30. The van der Waals surface area contributed by atoms with Gasteiger partial charge in [0, 0.05) is 22.9 Å². The molecular weight excluding hydrogens is 360 g/mol. The Morgan fingerprint density at radius 2 is 0.793 bits per heavy atom. The van der Waals surface area contributed by atoms with Crippen molar-refractivity contribution in [2.24, 2.45) is 10.8 Å². The molecule has 0 heterocycles. The van der Waals surface area contributed by atoms with Gasteiger partial charge in [-0.3, -0.25) is 9.59 Å². The summed E-state index contributed by atoms with van der Waals surface area (Å²) in [5.41, 5.74) is -0.477. The molecule has 2 N–H and O–H groups in total. The molecular formula is C25H54N2O2. The van der Waals surface area contributed by atoms with Crippen molar-refractivity contribution >= 4 is 11.8 Å². The van der Waals surface area contributed by atoms with Crippen molar-refractivity contribution in [3.05, 3.63) is 0 Å². The van der Waals surface area contributed by atoms with Gasteiger partial charge in [-0.15, -0.1) is 0 Å². The first-order chi connectivity index (χ1) is 12.0. The van der Waals surface area contributed by atoms with E-state index in [0.717, 1.165) is 0 Å². The summed E-state index contributed by atoms with van der Waals surface area (Å²) < 4.78 is 0. The van der Waals surface area contributed by atoms with E-state index in [4.69, 9.17) is 0 Å². The Labute approximate surface area is 183 Å². The lowest BCUT2D eigenvalue weighted by Gasteiger charge is -2.26. The van der Waals surface area contributed by atoms with Crippen LogP contribution in [-0.2, 0) is 9.59 Å². The lowest BCUT2D eigenvalue weighted by Crippen LogP contribution is -2.42. The fourth-order valence-electron chi connectivity index (χ4n) is 3.30. The second kappa shape index (κ2) is 14.8. The normalized spacial score (nSPS) is 17.9. The molecule has 0 saturated heterocycles. The molecule has 0 radical (unpaired) electrons. The van der Waals surface area contributed by atoms with Crippen LogP contribution in [0.5, 0.6) is 0 Å². The molecule has 0 aliphatic heterocycles. The molecule has 2 amide bonds. The number of hydrogen-bond donors (Lipinski definition) is 2. The van der Waals surface area contributed by atoms with E-state index in [1.807, 2.05) is 41.5 Å². The molecule has 0 aromatic carbocycles. The highest BCUT2D eigenvalue weighted by Gasteiger charge is 2.25. The van der Waals surface area contributed by atoms with Gasteiger partial charge in [-0.05, 0) is 25.7 Å². The fraction of sp³-hybridized carbons (Fsp3) is 0.920. The second-order valence-electron chi connectivity index (χ2n) is 10.1. The average molecular weight is 415 g/mol. The lowest BCUT2D eigenvalue weighted by atomic mass is 9.91. The summed E-state index contributed by atoms with van der Waals surface area (Å²) in [7, 11) is 0. The Balaban J connectivity index is -0.000000422. The first-order valence-corrected chi connectivity index (χ1v) is 10.6. The summed E-state index contributed by atoms with van der Waals surface area (Å²) in [4.78, 5) is 23.2. The van der Waals surface area contributed by atoms with Crippen molar-refractivity contribution < 1.29 is 9.59 Å².